The Morgan fingerprint density at radius 1 is 0.956 bits per heavy atom. The van der Waals surface area contributed by atoms with E-state index < -0.39 is 64.5 Å². The first kappa shape index (κ1) is 29.0. The van der Waals surface area contributed by atoms with E-state index in [4.69, 9.17) is 16.3 Å². The van der Waals surface area contributed by atoms with Crippen LogP contribution in [0.1, 0.15) is 29.9 Å². The number of carbonyl (C=O) groups excluding carboxylic acids is 4. The molecule has 0 spiro atoms. The number of rotatable bonds is 5. The lowest BCUT2D eigenvalue weighted by Gasteiger charge is -2.50. The Labute approximate surface area is 261 Å². The smallest absolute Gasteiger partial charge is 0.260 e. The number of nitrogens with zero attached hydrogens (tertiary/aromatic N) is 2. The van der Waals surface area contributed by atoms with Gasteiger partial charge in [0, 0.05) is 22.6 Å². The van der Waals surface area contributed by atoms with Crippen molar-refractivity contribution in [2.24, 2.45) is 23.7 Å². The van der Waals surface area contributed by atoms with Crippen LogP contribution >= 0.6 is 11.6 Å². The van der Waals surface area contributed by atoms with Crippen molar-refractivity contribution in [1.82, 2.24) is 10.1 Å². The number of hydrogen-bond acceptors (Lipinski definition) is 8. The standard InChI is InChI=1S/C33H27ClFN3O7/c1-45-20-10-11-22(26(39)14-20)28-21-12-13-23-27(31(42)38(44)29(23)40)24(21)15-25-30(41)37(36-19-8-6-18(35)7-9-19)32(43)33(25,28)16-2-4-17(34)5-3-16/h2-12,14,23-25,27-28,36,39,44H,13,15H2,1H3/t23-,24+,25-,27-,28+,33+/m0/s1. The lowest BCUT2D eigenvalue weighted by atomic mass is 9.49. The lowest BCUT2D eigenvalue weighted by Crippen LogP contribution is -2.53. The van der Waals surface area contributed by atoms with E-state index in [0.717, 1.165) is 5.01 Å². The highest BCUT2D eigenvalue weighted by Crippen LogP contribution is 2.65. The van der Waals surface area contributed by atoms with Gasteiger partial charge in [-0.3, -0.25) is 29.8 Å². The molecule has 6 atom stereocenters. The van der Waals surface area contributed by atoms with Crippen LogP contribution in [-0.2, 0) is 24.6 Å². The van der Waals surface area contributed by atoms with Crippen LogP contribution in [0.5, 0.6) is 11.5 Å². The van der Waals surface area contributed by atoms with Crippen LogP contribution < -0.4 is 10.2 Å². The molecule has 3 fully saturated rings. The molecule has 12 heteroatoms. The monoisotopic (exact) mass is 631 g/mol. The van der Waals surface area contributed by atoms with Crippen LogP contribution in [0.4, 0.5) is 10.1 Å². The van der Waals surface area contributed by atoms with E-state index in [-0.39, 0.29) is 29.3 Å². The topological polar surface area (TPSA) is 136 Å². The fourth-order valence-corrected chi connectivity index (χ4v) is 8.00. The van der Waals surface area contributed by atoms with Gasteiger partial charge in [-0.15, -0.1) is 0 Å². The largest absolute Gasteiger partial charge is 0.508 e. The molecule has 2 heterocycles. The third-order valence-corrected chi connectivity index (χ3v) is 10.0. The van der Waals surface area contributed by atoms with Gasteiger partial charge in [0.25, 0.3) is 23.6 Å². The second-order valence-electron chi connectivity index (χ2n) is 11.8. The Balaban J connectivity index is 1.48. The van der Waals surface area contributed by atoms with Gasteiger partial charge in [-0.05, 0) is 66.8 Å². The number of hydrogen-bond donors (Lipinski definition) is 3. The van der Waals surface area contributed by atoms with E-state index in [0.29, 0.717) is 27.5 Å². The maximum absolute atomic E-state index is 15.0. The fraction of sp³-hybridized carbons (Fsp3) is 0.273. The van der Waals surface area contributed by atoms with Crippen LogP contribution in [0.15, 0.2) is 78.4 Å². The van der Waals surface area contributed by atoms with E-state index in [2.05, 4.69) is 5.43 Å². The maximum Gasteiger partial charge on any atom is 0.260 e. The van der Waals surface area contributed by atoms with Crippen molar-refractivity contribution in [3.05, 3.63) is 100 Å². The summed E-state index contributed by atoms with van der Waals surface area (Å²) in [6.45, 7) is 0. The van der Waals surface area contributed by atoms with Gasteiger partial charge in [-0.25, -0.2) is 4.39 Å². The molecule has 2 saturated heterocycles. The van der Waals surface area contributed by atoms with Gasteiger partial charge in [-0.1, -0.05) is 41.4 Å². The molecule has 0 radical (unpaired) electrons. The summed E-state index contributed by atoms with van der Waals surface area (Å²) in [6, 6.07) is 16.4. The van der Waals surface area contributed by atoms with Crippen LogP contribution in [0.2, 0.25) is 5.02 Å². The molecule has 1 saturated carbocycles. The van der Waals surface area contributed by atoms with E-state index in [9.17, 15) is 33.9 Å². The fourth-order valence-electron chi connectivity index (χ4n) is 7.88. The molecule has 0 aromatic heterocycles. The zero-order chi connectivity index (χ0) is 31.8. The van der Waals surface area contributed by atoms with Gasteiger partial charge in [0.2, 0.25) is 0 Å². The van der Waals surface area contributed by atoms with Gasteiger partial charge in [0.1, 0.15) is 17.3 Å². The molecule has 230 valence electrons. The molecule has 2 aliphatic heterocycles. The van der Waals surface area contributed by atoms with Crippen LogP contribution in [0.3, 0.4) is 0 Å². The maximum atomic E-state index is 15.0. The highest BCUT2D eigenvalue weighted by Gasteiger charge is 2.70. The number of aromatic hydroxyl groups is 1. The number of hydroxylamine groups is 2. The molecule has 2 aliphatic carbocycles. The molecule has 0 unspecified atom stereocenters. The molecule has 7 rings (SSSR count). The first-order valence-electron chi connectivity index (χ1n) is 14.4. The quantitative estimate of drug-likeness (QED) is 0.212. The summed E-state index contributed by atoms with van der Waals surface area (Å²) in [5.41, 5.74) is 2.88. The van der Waals surface area contributed by atoms with E-state index in [1.807, 2.05) is 0 Å². The highest BCUT2D eigenvalue weighted by molar-refractivity contribution is 6.30. The number of imide groups is 2. The lowest BCUT2D eigenvalue weighted by molar-refractivity contribution is -0.173. The van der Waals surface area contributed by atoms with Crippen LogP contribution in [0, 0.1) is 29.5 Å². The number of allylic oxidation sites excluding steroid dienone is 2. The SMILES string of the molecule is COc1ccc([C@H]2C3=CC[C@@H]4C(=O)N(O)C(=O)[C@@H]4[C@@H]3C[C@H]3C(=O)N(Nc4ccc(F)cc4)C(=O)[C@@]23c2ccc(Cl)cc2)c(O)c1. The average molecular weight is 632 g/mol. The molecule has 3 aromatic rings. The highest BCUT2D eigenvalue weighted by atomic mass is 35.5. The van der Waals surface area contributed by atoms with Gasteiger partial charge in [-0.2, -0.15) is 10.1 Å². The van der Waals surface area contributed by atoms with Gasteiger partial charge in [0.15, 0.2) is 0 Å². The third kappa shape index (κ3) is 4.10. The molecular weight excluding hydrogens is 605 g/mol. The van der Waals surface area contributed by atoms with Crippen molar-refractivity contribution in [2.45, 2.75) is 24.2 Å². The number of carbonyl (C=O) groups is 4. The van der Waals surface area contributed by atoms with Crippen molar-refractivity contribution in [3.63, 3.8) is 0 Å². The summed E-state index contributed by atoms with van der Waals surface area (Å²) in [4.78, 5) is 55.5. The van der Waals surface area contributed by atoms with Gasteiger partial charge in [0.05, 0.1) is 36.0 Å². The van der Waals surface area contributed by atoms with Crippen molar-refractivity contribution in [1.29, 1.82) is 0 Å². The Bertz CT molecular complexity index is 1800. The Morgan fingerprint density at radius 2 is 1.67 bits per heavy atom. The molecule has 4 aliphatic rings. The zero-order valence-electron chi connectivity index (χ0n) is 23.8. The normalized spacial score (nSPS) is 28.9. The first-order chi connectivity index (χ1) is 21.6. The van der Waals surface area contributed by atoms with E-state index in [1.54, 1.807) is 42.5 Å². The van der Waals surface area contributed by atoms with Crippen molar-refractivity contribution < 1.29 is 38.6 Å². The van der Waals surface area contributed by atoms with Crippen LogP contribution in [-0.4, -0.2) is 51.1 Å². The minimum Gasteiger partial charge on any atom is -0.508 e. The molecule has 4 amide bonds. The van der Waals surface area contributed by atoms with Gasteiger partial charge < -0.3 is 9.84 Å². The average Bonchev–Trinajstić information content (AvgIpc) is 3.39. The summed E-state index contributed by atoms with van der Waals surface area (Å²) in [6.07, 6.45) is 1.92. The minimum absolute atomic E-state index is 0.00206. The molecule has 45 heavy (non-hydrogen) atoms. The first-order valence-corrected chi connectivity index (χ1v) is 14.8. The summed E-state index contributed by atoms with van der Waals surface area (Å²) >= 11 is 6.26. The second-order valence-corrected chi connectivity index (χ2v) is 12.2. The molecule has 3 aromatic carbocycles. The van der Waals surface area contributed by atoms with Crippen molar-refractivity contribution >= 4 is 40.9 Å². The number of anilines is 1. The van der Waals surface area contributed by atoms with Crippen molar-refractivity contribution in [2.75, 3.05) is 12.5 Å². The number of methoxy groups -OCH3 is 1. The Hall–Kier alpha value is -4.74. The molecule has 0 bridgehead atoms. The van der Waals surface area contributed by atoms with E-state index in [1.165, 1.54) is 37.4 Å². The Morgan fingerprint density at radius 3 is 2.33 bits per heavy atom. The number of phenolic OH excluding ortho intramolecular Hbond substituents is 1. The number of phenols is 1. The van der Waals surface area contributed by atoms with E-state index >= 15 is 0 Å². The minimum atomic E-state index is -1.64. The molecule has 3 N–H and O–H groups in total. The number of fused-ring (bicyclic) bond motifs is 4. The number of benzene rings is 3. The zero-order valence-corrected chi connectivity index (χ0v) is 24.6. The summed E-state index contributed by atoms with van der Waals surface area (Å²) < 4.78 is 19.0. The van der Waals surface area contributed by atoms with Crippen molar-refractivity contribution in [3.8, 4) is 11.5 Å². The number of hydrazine groups is 1. The predicted octanol–water partition coefficient (Wildman–Crippen LogP) is 4.57. The molecule has 10 nitrogen and oxygen atoms in total. The van der Waals surface area contributed by atoms with Gasteiger partial charge >= 0.3 is 0 Å². The third-order valence-electron chi connectivity index (χ3n) is 9.78. The summed E-state index contributed by atoms with van der Waals surface area (Å²) in [5, 5.41) is 23.2. The number of amides is 4. The number of nitrogens with one attached hydrogen (secondary N) is 1. The Kier molecular flexibility index (Phi) is 6.72. The second kappa shape index (κ2) is 10.4. The number of halogens is 2. The summed E-state index contributed by atoms with van der Waals surface area (Å²) in [5.74, 6) is -7.61. The van der Waals surface area contributed by atoms with Crippen LogP contribution in [0.25, 0.3) is 0 Å². The predicted molar refractivity (Wildman–Crippen MR) is 157 cm³/mol. The molecular formula is C33H27ClFN3O7. The summed E-state index contributed by atoms with van der Waals surface area (Å²) in [7, 11) is 1.45. The number of ether oxygens (including phenoxy) is 1.